The highest BCUT2D eigenvalue weighted by atomic mass is 16.1. The Morgan fingerprint density at radius 3 is 2.78 bits per heavy atom. The molecule has 4 nitrogen and oxygen atoms in total. The van der Waals surface area contributed by atoms with Gasteiger partial charge in [0.15, 0.2) is 5.84 Å². The average molecular weight is 125 g/mol. The van der Waals surface area contributed by atoms with Gasteiger partial charge in [-0.2, -0.15) is 0 Å². The third kappa shape index (κ3) is 0.972. The van der Waals surface area contributed by atoms with Crippen molar-refractivity contribution < 1.29 is 4.79 Å². The molecule has 1 atom stereocenters. The first-order chi connectivity index (χ1) is 4.22. The number of ketones is 1. The highest BCUT2D eigenvalue weighted by Gasteiger charge is 2.16. The van der Waals surface area contributed by atoms with Gasteiger partial charge in [0.25, 0.3) is 0 Å². The van der Waals surface area contributed by atoms with Gasteiger partial charge in [0.05, 0.1) is 6.04 Å². The Hall–Kier alpha value is -1.16. The third-order valence-electron chi connectivity index (χ3n) is 1.06. The molecular formula is C5H7N3O. The summed E-state index contributed by atoms with van der Waals surface area (Å²) in [5.74, 6) is -0.317. The molecule has 0 saturated heterocycles. The summed E-state index contributed by atoms with van der Waals surface area (Å²) in [6.45, 7) is 0. The summed E-state index contributed by atoms with van der Waals surface area (Å²) >= 11 is 0. The van der Waals surface area contributed by atoms with E-state index in [2.05, 4.69) is 4.99 Å². The molecule has 0 saturated carbocycles. The summed E-state index contributed by atoms with van der Waals surface area (Å²) in [5, 5.41) is 0. The van der Waals surface area contributed by atoms with Crippen LogP contribution in [-0.2, 0) is 4.79 Å². The molecule has 0 aromatic rings. The van der Waals surface area contributed by atoms with Crippen LogP contribution in [0.4, 0.5) is 0 Å². The van der Waals surface area contributed by atoms with Gasteiger partial charge < -0.3 is 11.5 Å². The lowest BCUT2D eigenvalue weighted by Crippen LogP contribution is -2.40. The maximum absolute atomic E-state index is 10.7. The Labute approximate surface area is 52.2 Å². The smallest absolute Gasteiger partial charge is 0.218 e. The maximum Gasteiger partial charge on any atom is 0.218 e. The van der Waals surface area contributed by atoms with Crippen LogP contribution in [0.2, 0.25) is 0 Å². The van der Waals surface area contributed by atoms with E-state index in [9.17, 15) is 4.79 Å². The minimum absolute atomic E-state index is 0.00926. The van der Waals surface area contributed by atoms with E-state index in [1.807, 2.05) is 0 Å². The second-order valence-corrected chi connectivity index (χ2v) is 1.75. The highest BCUT2D eigenvalue weighted by Crippen LogP contribution is 1.93. The van der Waals surface area contributed by atoms with Crippen molar-refractivity contribution in [2.24, 2.45) is 16.5 Å². The van der Waals surface area contributed by atoms with Crippen LogP contribution in [0, 0.1) is 0 Å². The van der Waals surface area contributed by atoms with Crippen LogP contribution >= 0.6 is 0 Å². The zero-order valence-electron chi connectivity index (χ0n) is 4.74. The summed E-state index contributed by atoms with van der Waals surface area (Å²) < 4.78 is 0. The number of nitrogens with zero attached hydrogens (tertiary/aromatic N) is 1. The molecule has 1 aliphatic rings. The molecule has 1 rings (SSSR count). The van der Waals surface area contributed by atoms with Crippen molar-refractivity contribution in [2.75, 3.05) is 0 Å². The van der Waals surface area contributed by atoms with Crippen molar-refractivity contribution in [3.63, 3.8) is 0 Å². The Kier molecular flexibility index (Phi) is 1.32. The highest BCUT2D eigenvalue weighted by molar-refractivity contribution is 6.41. The van der Waals surface area contributed by atoms with Crippen molar-refractivity contribution in [3.8, 4) is 0 Å². The average Bonchev–Trinajstić information content (AvgIpc) is 1.83. The lowest BCUT2D eigenvalue weighted by Gasteiger charge is -2.06. The van der Waals surface area contributed by atoms with Gasteiger partial charge in [-0.05, 0) is 6.08 Å². The molecule has 4 N–H and O–H groups in total. The van der Waals surface area contributed by atoms with E-state index in [0.29, 0.717) is 0 Å². The van der Waals surface area contributed by atoms with Crippen LogP contribution in [0.1, 0.15) is 0 Å². The fourth-order valence-electron chi connectivity index (χ4n) is 0.538. The number of Topliss-reactive ketones (excluding diaryl/α,β-unsaturated/α-hetero) is 1. The number of carbonyl (C=O) groups excluding carboxylic acids is 1. The van der Waals surface area contributed by atoms with Crippen molar-refractivity contribution in [3.05, 3.63) is 12.3 Å². The number of rotatable bonds is 0. The second kappa shape index (κ2) is 1.99. The molecule has 0 aliphatic carbocycles. The quantitative estimate of drug-likeness (QED) is 0.425. The van der Waals surface area contributed by atoms with Crippen LogP contribution in [0.25, 0.3) is 0 Å². The van der Waals surface area contributed by atoms with Gasteiger partial charge in [0, 0.05) is 6.20 Å². The molecule has 0 aromatic heterocycles. The molecule has 0 spiro atoms. The normalized spacial score (nSPS) is 26.1. The van der Waals surface area contributed by atoms with Crippen molar-refractivity contribution in [1.29, 1.82) is 0 Å². The molecule has 0 radical (unpaired) electrons. The van der Waals surface area contributed by atoms with E-state index in [0.717, 1.165) is 0 Å². The summed E-state index contributed by atoms with van der Waals surface area (Å²) in [4.78, 5) is 14.2. The number of carbonyl (C=O) groups is 1. The minimum atomic E-state index is -0.595. The monoisotopic (exact) mass is 125 g/mol. The van der Waals surface area contributed by atoms with Crippen molar-refractivity contribution >= 4 is 11.6 Å². The zero-order valence-corrected chi connectivity index (χ0v) is 4.74. The Morgan fingerprint density at radius 2 is 2.33 bits per heavy atom. The summed E-state index contributed by atoms with van der Waals surface area (Å²) in [6.07, 6.45) is 2.93. The van der Waals surface area contributed by atoms with Gasteiger partial charge in [-0.15, -0.1) is 0 Å². The Balaban J connectivity index is 2.86. The van der Waals surface area contributed by atoms with Crippen LogP contribution < -0.4 is 11.5 Å². The minimum Gasteiger partial charge on any atom is -0.381 e. The zero-order chi connectivity index (χ0) is 6.85. The molecule has 0 aromatic carbocycles. The molecule has 0 bridgehead atoms. The molecular weight excluding hydrogens is 118 g/mol. The van der Waals surface area contributed by atoms with Gasteiger partial charge in [-0.3, -0.25) is 4.79 Å². The summed E-state index contributed by atoms with van der Waals surface area (Å²) in [5.41, 5.74) is 10.4. The third-order valence-corrected chi connectivity index (χ3v) is 1.06. The van der Waals surface area contributed by atoms with E-state index in [-0.39, 0.29) is 11.6 Å². The lowest BCUT2D eigenvalue weighted by molar-refractivity contribution is -0.113. The number of hydrogen-bond acceptors (Lipinski definition) is 4. The van der Waals surface area contributed by atoms with Crippen LogP contribution in [-0.4, -0.2) is 17.7 Å². The van der Waals surface area contributed by atoms with Crippen LogP contribution in [0.3, 0.4) is 0 Å². The first-order valence-corrected chi connectivity index (χ1v) is 2.51. The molecule has 0 amide bonds. The number of amidine groups is 1. The predicted molar refractivity (Wildman–Crippen MR) is 33.7 cm³/mol. The largest absolute Gasteiger partial charge is 0.381 e. The molecule has 0 fully saturated rings. The first kappa shape index (κ1) is 5.97. The SMILES string of the molecule is NC1=NC=CC(N)C1=O. The summed E-state index contributed by atoms with van der Waals surface area (Å²) in [6, 6.07) is -0.595. The van der Waals surface area contributed by atoms with Crippen LogP contribution in [0.15, 0.2) is 17.3 Å². The molecule has 9 heavy (non-hydrogen) atoms. The van der Waals surface area contributed by atoms with Gasteiger partial charge in [0.1, 0.15) is 0 Å². The summed E-state index contributed by atoms with van der Waals surface area (Å²) in [7, 11) is 0. The molecule has 1 unspecified atom stereocenters. The fourth-order valence-corrected chi connectivity index (χ4v) is 0.538. The van der Waals surface area contributed by atoms with E-state index in [4.69, 9.17) is 11.5 Å². The van der Waals surface area contributed by atoms with Gasteiger partial charge in [0.2, 0.25) is 5.78 Å². The maximum atomic E-state index is 10.7. The molecule has 48 valence electrons. The molecule has 1 heterocycles. The predicted octanol–water partition coefficient (Wildman–Crippen LogP) is -1.23. The molecule has 1 aliphatic heterocycles. The van der Waals surface area contributed by atoms with E-state index in [1.165, 1.54) is 12.3 Å². The standard InChI is InChI=1S/C5H7N3O/c6-3-1-2-8-5(7)4(3)9/h1-3H,6H2,(H2,7,8). The lowest BCUT2D eigenvalue weighted by atomic mass is 10.1. The topological polar surface area (TPSA) is 81.5 Å². The number of hydrogen-bond donors (Lipinski definition) is 2. The van der Waals surface area contributed by atoms with Gasteiger partial charge in [-0.25, -0.2) is 4.99 Å². The molecule has 4 heteroatoms. The first-order valence-electron chi connectivity index (χ1n) is 2.51. The van der Waals surface area contributed by atoms with Gasteiger partial charge >= 0.3 is 0 Å². The van der Waals surface area contributed by atoms with Crippen molar-refractivity contribution in [1.82, 2.24) is 0 Å². The van der Waals surface area contributed by atoms with Crippen molar-refractivity contribution in [2.45, 2.75) is 6.04 Å². The Bertz CT molecular complexity index is 194. The van der Waals surface area contributed by atoms with Crippen LogP contribution in [0.5, 0.6) is 0 Å². The van der Waals surface area contributed by atoms with Gasteiger partial charge in [-0.1, -0.05) is 0 Å². The number of nitrogens with two attached hydrogens (primary N) is 2. The van der Waals surface area contributed by atoms with E-state index >= 15 is 0 Å². The Morgan fingerprint density at radius 1 is 1.67 bits per heavy atom. The van der Waals surface area contributed by atoms with E-state index in [1.54, 1.807) is 0 Å². The fraction of sp³-hybridized carbons (Fsp3) is 0.200. The van der Waals surface area contributed by atoms with E-state index < -0.39 is 6.04 Å². The second-order valence-electron chi connectivity index (χ2n) is 1.75. The number of aliphatic imine (C=N–C) groups is 1.